The van der Waals surface area contributed by atoms with Gasteiger partial charge >= 0.3 is 5.97 Å². The molecule has 0 aromatic heterocycles. The Bertz CT molecular complexity index is 371. The van der Waals surface area contributed by atoms with E-state index < -0.39 is 5.97 Å². The van der Waals surface area contributed by atoms with Crippen LogP contribution in [0.5, 0.6) is 5.75 Å². The molecule has 1 N–H and O–H groups in total. The molecule has 0 saturated heterocycles. The third-order valence-electron chi connectivity index (χ3n) is 2.13. The first-order valence-corrected chi connectivity index (χ1v) is 5.20. The summed E-state index contributed by atoms with van der Waals surface area (Å²) < 4.78 is 5.58. The first kappa shape index (κ1) is 12.3. The molecule has 0 bridgehead atoms. The maximum absolute atomic E-state index is 10.5. The molecule has 0 aliphatic heterocycles. The van der Waals surface area contributed by atoms with Crippen LogP contribution in [0.1, 0.15) is 18.9 Å². The highest BCUT2D eigenvalue weighted by molar-refractivity contribution is 5.67. The first-order chi connectivity index (χ1) is 7.63. The van der Waals surface area contributed by atoms with Gasteiger partial charge in [0, 0.05) is 0 Å². The molecule has 0 aliphatic carbocycles. The SMILES string of the molecule is C=CCc1ccccc1OC(C)CC(=O)O. The summed E-state index contributed by atoms with van der Waals surface area (Å²) >= 11 is 0. The second-order valence-corrected chi connectivity index (χ2v) is 3.63. The van der Waals surface area contributed by atoms with Crippen molar-refractivity contribution in [1.82, 2.24) is 0 Å². The van der Waals surface area contributed by atoms with Crippen LogP contribution in [0.3, 0.4) is 0 Å². The lowest BCUT2D eigenvalue weighted by molar-refractivity contribution is -0.138. The molecular formula is C13H16O3. The van der Waals surface area contributed by atoms with Gasteiger partial charge in [-0.1, -0.05) is 24.3 Å². The third-order valence-corrected chi connectivity index (χ3v) is 2.13. The molecule has 0 spiro atoms. The molecule has 3 nitrogen and oxygen atoms in total. The Morgan fingerprint density at radius 3 is 2.88 bits per heavy atom. The monoisotopic (exact) mass is 220 g/mol. The van der Waals surface area contributed by atoms with Crippen molar-refractivity contribution in [3.8, 4) is 5.75 Å². The van der Waals surface area contributed by atoms with Crippen LogP contribution in [0.2, 0.25) is 0 Å². The van der Waals surface area contributed by atoms with Crippen LogP contribution in [0, 0.1) is 0 Å². The van der Waals surface area contributed by atoms with Crippen LogP contribution in [0.15, 0.2) is 36.9 Å². The highest BCUT2D eigenvalue weighted by Crippen LogP contribution is 2.20. The zero-order valence-electron chi connectivity index (χ0n) is 9.35. The zero-order chi connectivity index (χ0) is 12.0. The summed E-state index contributed by atoms with van der Waals surface area (Å²) in [6.07, 6.45) is 2.19. The van der Waals surface area contributed by atoms with Crippen molar-refractivity contribution < 1.29 is 14.6 Å². The van der Waals surface area contributed by atoms with E-state index in [0.717, 1.165) is 17.7 Å². The molecule has 16 heavy (non-hydrogen) atoms. The van der Waals surface area contributed by atoms with Crippen molar-refractivity contribution in [2.75, 3.05) is 0 Å². The van der Waals surface area contributed by atoms with E-state index in [2.05, 4.69) is 6.58 Å². The lowest BCUT2D eigenvalue weighted by Gasteiger charge is -2.15. The average molecular weight is 220 g/mol. The summed E-state index contributed by atoms with van der Waals surface area (Å²) in [7, 11) is 0. The Morgan fingerprint density at radius 2 is 2.25 bits per heavy atom. The predicted molar refractivity (Wildman–Crippen MR) is 62.7 cm³/mol. The number of hydrogen-bond acceptors (Lipinski definition) is 2. The fraction of sp³-hybridized carbons (Fsp3) is 0.308. The summed E-state index contributed by atoms with van der Waals surface area (Å²) in [6.45, 7) is 5.42. The van der Waals surface area contributed by atoms with Gasteiger partial charge in [0.2, 0.25) is 0 Å². The van der Waals surface area contributed by atoms with E-state index in [1.165, 1.54) is 0 Å². The summed E-state index contributed by atoms with van der Waals surface area (Å²) in [6, 6.07) is 7.59. The minimum absolute atomic E-state index is 0.00240. The number of rotatable bonds is 6. The van der Waals surface area contributed by atoms with Crippen LogP contribution in [0.4, 0.5) is 0 Å². The highest BCUT2D eigenvalue weighted by Gasteiger charge is 2.10. The zero-order valence-corrected chi connectivity index (χ0v) is 9.35. The van der Waals surface area contributed by atoms with E-state index in [0.29, 0.717) is 0 Å². The van der Waals surface area contributed by atoms with Crippen molar-refractivity contribution in [1.29, 1.82) is 0 Å². The van der Waals surface area contributed by atoms with Gasteiger partial charge in [0.15, 0.2) is 0 Å². The smallest absolute Gasteiger partial charge is 0.307 e. The van der Waals surface area contributed by atoms with E-state index in [1.54, 1.807) is 13.0 Å². The van der Waals surface area contributed by atoms with Crippen LogP contribution >= 0.6 is 0 Å². The topological polar surface area (TPSA) is 46.5 Å². The van der Waals surface area contributed by atoms with E-state index >= 15 is 0 Å². The number of aliphatic carboxylic acids is 1. The second-order valence-electron chi connectivity index (χ2n) is 3.63. The van der Waals surface area contributed by atoms with Crippen LogP contribution in [-0.2, 0) is 11.2 Å². The molecule has 0 amide bonds. The first-order valence-electron chi connectivity index (χ1n) is 5.20. The molecular weight excluding hydrogens is 204 g/mol. The van der Waals surface area contributed by atoms with Crippen LogP contribution < -0.4 is 4.74 Å². The lowest BCUT2D eigenvalue weighted by Crippen LogP contribution is -2.17. The molecule has 0 radical (unpaired) electrons. The summed E-state index contributed by atoms with van der Waals surface area (Å²) in [5.41, 5.74) is 1.02. The fourth-order valence-corrected chi connectivity index (χ4v) is 1.45. The van der Waals surface area contributed by atoms with E-state index in [4.69, 9.17) is 9.84 Å². The van der Waals surface area contributed by atoms with Gasteiger partial charge in [0.05, 0.1) is 6.42 Å². The Balaban J connectivity index is 2.71. The number of benzene rings is 1. The fourth-order valence-electron chi connectivity index (χ4n) is 1.45. The Kier molecular flexibility index (Phi) is 4.58. The minimum Gasteiger partial charge on any atom is -0.490 e. The quantitative estimate of drug-likeness (QED) is 0.750. The normalized spacial score (nSPS) is 11.8. The second kappa shape index (κ2) is 5.95. The van der Waals surface area contributed by atoms with Crippen molar-refractivity contribution in [3.05, 3.63) is 42.5 Å². The number of ether oxygens (including phenoxy) is 1. The number of hydrogen-bond donors (Lipinski definition) is 1. The molecule has 1 unspecified atom stereocenters. The maximum atomic E-state index is 10.5. The number of carboxylic acid groups (broad SMARTS) is 1. The van der Waals surface area contributed by atoms with Gasteiger partial charge in [0.1, 0.15) is 11.9 Å². The molecule has 1 aromatic carbocycles. The molecule has 1 aromatic rings. The Labute approximate surface area is 95.4 Å². The van der Waals surface area contributed by atoms with Gasteiger partial charge < -0.3 is 9.84 Å². The van der Waals surface area contributed by atoms with Crippen LogP contribution in [0.25, 0.3) is 0 Å². The summed E-state index contributed by atoms with van der Waals surface area (Å²) in [5.74, 6) is -0.121. The Morgan fingerprint density at radius 1 is 1.56 bits per heavy atom. The van der Waals surface area contributed by atoms with Gasteiger partial charge in [-0.2, -0.15) is 0 Å². The summed E-state index contributed by atoms with van der Waals surface area (Å²) in [4.78, 5) is 10.5. The molecule has 0 heterocycles. The highest BCUT2D eigenvalue weighted by atomic mass is 16.5. The standard InChI is InChI=1S/C13H16O3/c1-3-6-11-7-4-5-8-12(11)16-10(2)9-13(14)15/h3-5,7-8,10H,1,6,9H2,2H3,(H,14,15). The van der Waals surface area contributed by atoms with Gasteiger partial charge in [-0.3, -0.25) is 4.79 Å². The predicted octanol–water partition coefficient (Wildman–Crippen LogP) is 2.66. The van der Waals surface area contributed by atoms with Gasteiger partial charge in [-0.15, -0.1) is 6.58 Å². The number of carbonyl (C=O) groups is 1. The maximum Gasteiger partial charge on any atom is 0.307 e. The van der Waals surface area contributed by atoms with Gasteiger partial charge in [-0.25, -0.2) is 0 Å². The lowest BCUT2D eigenvalue weighted by atomic mass is 10.1. The average Bonchev–Trinajstić information content (AvgIpc) is 2.20. The number of carboxylic acids is 1. The minimum atomic E-state index is -0.853. The summed E-state index contributed by atoms with van der Waals surface area (Å²) in [5, 5.41) is 8.64. The van der Waals surface area contributed by atoms with Crippen molar-refractivity contribution in [2.24, 2.45) is 0 Å². The largest absolute Gasteiger partial charge is 0.490 e. The van der Waals surface area contributed by atoms with Gasteiger partial charge in [0.25, 0.3) is 0 Å². The third kappa shape index (κ3) is 3.77. The van der Waals surface area contributed by atoms with E-state index in [1.807, 2.05) is 24.3 Å². The molecule has 1 atom stereocenters. The van der Waals surface area contributed by atoms with Crippen molar-refractivity contribution >= 4 is 5.97 Å². The molecule has 0 saturated carbocycles. The van der Waals surface area contributed by atoms with Crippen LogP contribution in [-0.4, -0.2) is 17.2 Å². The molecule has 0 aliphatic rings. The number of para-hydroxylation sites is 1. The van der Waals surface area contributed by atoms with Gasteiger partial charge in [-0.05, 0) is 25.0 Å². The molecule has 3 heteroatoms. The molecule has 86 valence electrons. The van der Waals surface area contributed by atoms with E-state index in [9.17, 15) is 4.79 Å². The molecule has 1 rings (SSSR count). The van der Waals surface area contributed by atoms with E-state index in [-0.39, 0.29) is 12.5 Å². The van der Waals surface area contributed by atoms with Crippen molar-refractivity contribution in [3.63, 3.8) is 0 Å². The molecule has 0 fully saturated rings. The number of allylic oxidation sites excluding steroid dienone is 1. The Hall–Kier alpha value is -1.77. The van der Waals surface area contributed by atoms with Crippen molar-refractivity contribution in [2.45, 2.75) is 25.9 Å².